The van der Waals surface area contributed by atoms with Gasteiger partial charge in [-0.2, -0.15) is 0 Å². The van der Waals surface area contributed by atoms with Crippen LogP contribution in [0.1, 0.15) is 56.0 Å². The zero-order chi connectivity index (χ0) is 22.1. The van der Waals surface area contributed by atoms with Crippen LogP contribution in [0.5, 0.6) is 11.5 Å². The average Bonchev–Trinajstić information content (AvgIpc) is 2.88. The second-order valence-corrected chi connectivity index (χ2v) is 10.3. The fraction of sp³-hybridized carbons (Fsp3) is 0.583. The van der Waals surface area contributed by atoms with Gasteiger partial charge in [-0.1, -0.05) is 20.8 Å². The Kier molecular flexibility index (Phi) is 4.59. The zero-order valence-corrected chi connectivity index (χ0v) is 18.2. The fourth-order valence-electron chi connectivity index (χ4n) is 6.46. The van der Waals surface area contributed by atoms with Crippen molar-refractivity contribution >= 4 is 12.3 Å². The second kappa shape index (κ2) is 6.58. The predicted molar refractivity (Wildman–Crippen MR) is 110 cm³/mol. The molecular weight excluding hydrogens is 384 g/mol. The number of rotatable bonds is 4. The first-order valence-corrected chi connectivity index (χ1v) is 10.4. The number of aromatic hydroxyl groups is 1. The minimum Gasteiger partial charge on any atom is -0.507 e. The van der Waals surface area contributed by atoms with Crippen molar-refractivity contribution in [2.24, 2.45) is 22.7 Å². The van der Waals surface area contributed by atoms with E-state index in [1.165, 1.54) is 13.2 Å². The lowest BCUT2D eigenvalue weighted by Gasteiger charge is -2.60. The number of phenols is 1. The van der Waals surface area contributed by atoms with Gasteiger partial charge in [-0.25, -0.2) is 4.79 Å². The molecule has 1 aromatic rings. The molecule has 30 heavy (non-hydrogen) atoms. The van der Waals surface area contributed by atoms with E-state index < -0.39 is 17.7 Å². The predicted octanol–water partition coefficient (Wildman–Crippen LogP) is 3.57. The summed E-state index contributed by atoms with van der Waals surface area (Å²) in [6.07, 6.45) is 4.09. The molecule has 4 rings (SSSR count). The van der Waals surface area contributed by atoms with E-state index in [2.05, 4.69) is 20.8 Å². The Hall–Kier alpha value is -2.34. The summed E-state index contributed by atoms with van der Waals surface area (Å²) in [5.41, 5.74) is -0.153. The Labute approximate surface area is 176 Å². The highest BCUT2D eigenvalue weighted by Crippen LogP contribution is 2.68. The van der Waals surface area contributed by atoms with Gasteiger partial charge in [-0.3, -0.25) is 4.79 Å². The van der Waals surface area contributed by atoms with E-state index in [9.17, 15) is 19.8 Å². The van der Waals surface area contributed by atoms with Crippen molar-refractivity contribution in [1.29, 1.82) is 0 Å². The standard InChI is InChI=1S/C24H30O6/c1-13-6-15(29-5)7-16(26)19(13)21(27)30-17-9-23(4)18-10-22(2,3)12-24(18,28)8-14(11-25)20(17)23/h6-8,11,17-18,20,26,28H,9-10,12H2,1-5H3/t17-,18?,20-,23-,24+/m1/s1. The van der Waals surface area contributed by atoms with Crippen molar-refractivity contribution in [3.8, 4) is 11.5 Å². The highest BCUT2D eigenvalue weighted by Gasteiger charge is 2.68. The number of carbonyl (C=O) groups excluding carboxylic acids is 2. The van der Waals surface area contributed by atoms with Crippen molar-refractivity contribution in [3.05, 3.63) is 34.9 Å². The van der Waals surface area contributed by atoms with Crippen molar-refractivity contribution < 1.29 is 29.3 Å². The van der Waals surface area contributed by atoms with E-state index in [-0.39, 0.29) is 34.0 Å². The molecule has 1 unspecified atom stereocenters. The normalized spacial score (nSPS) is 36.1. The number of aldehydes is 1. The minimum atomic E-state index is -0.995. The van der Waals surface area contributed by atoms with Gasteiger partial charge in [0.25, 0.3) is 0 Å². The van der Waals surface area contributed by atoms with E-state index in [1.54, 1.807) is 19.1 Å². The van der Waals surface area contributed by atoms with Gasteiger partial charge < -0.3 is 19.7 Å². The number of fused-ring (bicyclic) bond motifs is 3. The molecule has 3 aliphatic rings. The maximum atomic E-state index is 12.9. The number of ether oxygens (including phenoxy) is 2. The van der Waals surface area contributed by atoms with Crippen LogP contribution in [0, 0.1) is 29.6 Å². The molecule has 0 saturated heterocycles. The summed E-state index contributed by atoms with van der Waals surface area (Å²) in [5, 5.41) is 21.6. The molecule has 0 aromatic heterocycles. The third-order valence-electron chi connectivity index (χ3n) is 7.54. The van der Waals surface area contributed by atoms with Gasteiger partial charge in [0, 0.05) is 12.0 Å². The van der Waals surface area contributed by atoms with Gasteiger partial charge in [-0.05, 0) is 66.2 Å². The van der Waals surface area contributed by atoms with Gasteiger partial charge in [0.1, 0.15) is 29.5 Å². The first-order chi connectivity index (χ1) is 13.9. The smallest absolute Gasteiger partial charge is 0.342 e. The van der Waals surface area contributed by atoms with Crippen molar-refractivity contribution in [2.75, 3.05) is 7.11 Å². The lowest BCUT2D eigenvalue weighted by Crippen LogP contribution is -2.62. The molecule has 5 atom stereocenters. The van der Waals surface area contributed by atoms with Crippen LogP contribution >= 0.6 is 0 Å². The molecule has 0 spiro atoms. The number of benzene rings is 1. The maximum absolute atomic E-state index is 12.9. The molecule has 0 amide bonds. The summed E-state index contributed by atoms with van der Waals surface area (Å²) in [6, 6.07) is 3.05. The Morgan fingerprint density at radius 1 is 1.23 bits per heavy atom. The topological polar surface area (TPSA) is 93.1 Å². The molecule has 6 nitrogen and oxygen atoms in total. The fourth-order valence-corrected chi connectivity index (χ4v) is 6.46. The highest BCUT2D eigenvalue weighted by atomic mass is 16.5. The average molecular weight is 414 g/mol. The molecule has 2 fully saturated rings. The highest BCUT2D eigenvalue weighted by molar-refractivity contribution is 5.94. The molecular formula is C24H30O6. The Bertz CT molecular complexity index is 924. The van der Waals surface area contributed by atoms with Crippen molar-refractivity contribution in [3.63, 3.8) is 0 Å². The van der Waals surface area contributed by atoms with Crippen LogP contribution in [0.4, 0.5) is 0 Å². The summed E-state index contributed by atoms with van der Waals surface area (Å²) >= 11 is 0. The molecule has 2 saturated carbocycles. The number of hydrogen-bond donors (Lipinski definition) is 2. The quantitative estimate of drug-likeness (QED) is 0.578. The van der Waals surface area contributed by atoms with Crippen LogP contribution < -0.4 is 4.74 Å². The number of aliphatic hydroxyl groups is 1. The molecule has 0 bridgehead atoms. The van der Waals surface area contributed by atoms with E-state index in [4.69, 9.17) is 9.47 Å². The summed E-state index contributed by atoms with van der Waals surface area (Å²) < 4.78 is 10.9. The van der Waals surface area contributed by atoms with Crippen LogP contribution in [0.2, 0.25) is 0 Å². The van der Waals surface area contributed by atoms with Crippen LogP contribution in [0.25, 0.3) is 0 Å². The first-order valence-electron chi connectivity index (χ1n) is 10.4. The van der Waals surface area contributed by atoms with Crippen LogP contribution in [-0.2, 0) is 9.53 Å². The molecule has 3 aliphatic carbocycles. The van der Waals surface area contributed by atoms with E-state index in [0.29, 0.717) is 29.7 Å². The number of hydrogen-bond acceptors (Lipinski definition) is 6. The largest absolute Gasteiger partial charge is 0.507 e. The van der Waals surface area contributed by atoms with E-state index in [1.807, 2.05) is 0 Å². The summed E-state index contributed by atoms with van der Waals surface area (Å²) in [7, 11) is 1.49. The summed E-state index contributed by atoms with van der Waals surface area (Å²) in [6.45, 7) is 8.08. The van der Waals surface area contributed by atoms with E-state index >= 15 is 0 Å². The molecule has 162 valence electrons. The van der Waals surface area contributed by atoms with Gasteiger partial charge in [-0.15, -0.1) is 0 Å². The third kappa shape index (κ3) is 2.96. The zero-order valence-electron chi connectivity index (χ0n) is 18.2. The number of phenolic OH excluding ortho intramolecular Hbond substituents is 1. The molecule has 2 N–H and O–H groups in total. The van der Waals surface area contributed by atoms with Crippen LogP contribution in [-0.4, -0.2) is 41.3 Å². The molecule has 0 heterocycles. The Balaban J connectivity index is 1.61. The number of esters is 1. The van der Waals surface area contributed by atoms with Gasteiger partial charge in [0.05, 0.1) is 12.7 Å². The Morgan fingerprint density at radius 3 is 2.53 bits per heavy atom. The van der Waals surface area contributed by atoms with Crippen molar-refractivity contribution in [2.45, 2.75) is 58.7 Å². The lowest BCUT2D eigenvalue weighted by molar-refractivity contribution is -0.163. The number of methoxy groups -OCH3 is 1. The lowest BCUT2D eigenvalue weighted by atomic mass is 9.46. The molecule has 0 aliphatic heterocycles. The number of carbonyl (C=O) groups is 2. The number of aryl methyl sites for hydroxylation is 1. The van der Waals surface area contributed by atoms with Crippen LogP contribution in [0.3, 0.4) is 0 Å². The minimum absolute atomic E-state index is 0.0137. The monoisotopic (exact) mass is 414 g/mol. The maximum Gasteiger partial charge on any atom is 0.342 e. The SMILES string of the molecule is COc1cc(C)c(C(=O)O[C@@H]2C[C@]3(C)C4CC(C)(C)C[C@@]4(O)C=C(C=O)[C@H]23)c(O)c1. The van der Waals surface area contributed by atoms with Gasteiger partial charge in [0.2, 0.25) is 0 Å². The van der Waals surface area contributed by atoms with Gasteiger partial charge >= 0.3 is 5.97 Å². The first kappa shape index (κ1) is 20.9. The van der Waals surface area contributed by atoms with Gasteiger partial charge in [0.15, 0.2) is 0 Å². The molecule has 6 heteroatoms. The van der Waals surface area contributed by atoms with Crippen LogP contribution in [0.15, 0.2) is 23.8 Å². The van der Waals surface area contributed by atoms with E-state index in [0.717, 1.165) is 12.7 Å². The Morgan fingerprint density at radius 2 is 1.93 bits per heavy atom. The second-order valence-electron chi connectivity index (χ2n) is 10.3. The molecule has 1 aromatic carbocycles. The van der Waals surface area contributed by atoms with Crippen molar-refractivity contribution in [1.82, 2.24) is 0 Å². The third-order valence-corrected chi connectivity index (χ3v) is 7.54. The summed E-state index contributed by atoms with van der Waals surface area (Å²) in [5.74, 6) is -0.587. The summed E-state index contributed by atoms with van der Waals surface area (Å²) in [4.78, 5) is 24.8. The molecule has 0 radical (unpaired) electrons.